The van der Waals surface area contributed by atoms with Crippen molar-refractivity contribution in [1.29, 1.82) is 0 Å². The van der Waals surface area contributed by atoms with Crippen molar-refractivity contribution in [3.63, 3.8) is 0 Å². The predicted molar refractivity (Wildman–Crippen MR) is 95.1 cm³/mol. The van der Waals surface area contributed by atoms with E-state index >= 15 is 0 Å². The summed E-state index contributed by atoms with van der Waals surface area (Å²) >= 11 is 5.07. The number of aromatic nitrogens is 1. The van der Waals surface area contributed by atoms with Gasteiger partial charge in [-0.1, -0.05) is 28.1 Å². The van der Waals surface area contributed by atoms with E-state index in [0.717, 1.165) is 25.6 Å². The molecule has 1 aromatic carbocycles. The first-order valence-corrected chi connectivity index (χ1v) is 8.79. The molecule has 1 amide bonds. The highest BCUT2D eigenvalue weighted by Crippen LogP contribution is 2.32. The van der Waals surface area contributed by atoms with Crippen LogP contribution in [0.5, 0.6) is 0 Å². The molecule has 118 valence electrons. The quantitative estimate of drug-likeness (QED) is 0.802. The maximum atomic E-state index is 11.8. The van der Waals surface area contributed by atoms with Gasteiger partial charge in [0.25, 0.3) is 0 Å². The molecule has 0 saturated carbocycles. The third kappa shape index (κ3) is 4.38. The summed E-state index contributed by atoms with van der Waals surface area (Å²) in [4.78, 5) is 17.6. The largest absolute Gasteiger partial charge is 0.349 e. The Morgan fingerprint density at radius 2 is 2.05 bits per heavy atom. The Balaban J connectivity index is 2.12. The second-order valence-corrected chi connectivity index (χ2v) is 7.06. The molecule has 1 unspecified atom stereocenters. The number of carbonyl (C=O) groups is 1. The second kappa shape index (κ2) is 7.85. The van der Waals surface area contributed by atoms with Crippen LogP contribution < -0.4 is 10.6 Å². The number of amides is 1. The molecule has 0 aliphatic rings. The smallest absolute Gasteiger partial charge is 0.221 e. The minimum atomic E-state index is -0.0222. The Labute approximate surface area is 143 Å². The molecule has 0 aliphatic heterocycles. The summed E-state index contributed by atoms with van der Waals surface area (Å²) in [5.41, 5.74) is 2.07. The van der Waals surface area contributed by atoms with Crippen LogP contribution in [0.1, 0.15) is 30.0 Å². The van der Waals surface area contributed by atoms with Gasteiger partial charge in [-0.05, 0) is 33.0 Å². The van der Waals surface area contributed by atoms with Crippen molar-refractivity contribution in [2.75, 3.05) is 13.6 Å². The van der Waals surface area contributed by atoms with E-state index in [1.54, 1.807) is 11.3 Å². The Morgan fingerprint density at radius 3 is 2.68 bits per heavy atom. The molecular weight excluding hydrogens is 362 g/mol. The van der Waals surface area contributed by atoms with Crippen molar-refractivity contribution >= 4 is 33.2 Å². The van der Waals surface area contributed by atoms with Gasteiger partial charge < -0.3 is 10.6 Å². The first kappa shape index (κ1) is 17.1. The molecule has 1 aromatic heterocycles. The lowest BCUT2D eigenvalue weighted by molar-refractivity contribution is -0.121. The number of halogens is 1. The maximum Gasteiger partial charge on any atom is 0.221 e. The SMILES string of the molecule is CNCCC(=O)NC(C)c1sc(-c2ccc(Br)cc2)nc1C. The number of aryl methyl sites for hydroxylation is 1. The first-order chi connectivity index (χ1) is 10.5. The predicted octanol–water partition coefficient (Wildman–Crippen LogP) is 3.67. The van der Waals surface area contributed by atoms with Gasteiger partial charge in [-0.15, -0.1) is 11.3 Å². The zero-order valence-electron chi connectivity index (χ0n) is 12.9. The van der Waals surface area contributed by atoms with E-state index in [2.05, 4.69) is 31.5 Å². The van der Waals surface area contributed by atoms with E-state index in [1.807, 2.05) is 45.2 Å². The molecule has 2 aromatic rings. The van der Waals surface area contributed by atoms with Crippen LogP contribution in [-0.2, 0) is 4.79 Å². The summed E-state index contributed by atoms with van der Waals surface area (Å²) in [6, 6.07) is 8.08. The first-order valence-electron chi connectivity index (χ1n) is 7.18. The summed E-state index contributed by atoms with van der Waals surface area (Å²) in [7, 11) is 1.84. The third-order valence-electron chi connectivity index (χ3n) is 3.30. The normalized spacial score (nSPS) is 12.2. The molecule has 22 heavy (non-hydrogen) atoms. The van der Waals surface area contributed by atoms with Crippen molar-refractivity contribution < 1.29 is 4.79 Å². The number of thiazole rings is 1. The molecule has 2 N–H and O–H groups in total. The molecule has 0 bridgehead atoms. The fourth-order valence-electron chi connectivity index (χ4n) is 2.14. The summed E-state index contributed by atoms with van der Waals surface area (Å²) in [5.74, 6) is 0.0554. The summed E-state index contributed by atoms with van der Waals surface area (Å²) in [6.45, 7) is 4.68. The highest BCUT2D eigenvalue weighted by atomic mass is 79.9. The van der Waals surface area contributed by atoms with Gasteiger partial charge in [-0.3, -0.25) is 4.79 Å². The van der Waals surface area contributed by atoms with Gasteiger partial charge in [-0.2, -0.15) is 0 Å². The Morgan fingerprint density at radius 1 is 1.36 bits per heavy atom. The van der Waals surface area contributed by atoms with Crippen molar-refractivity contribution in [3.05, 3.63) is 39.3 Å². The van der Waals surface area contributed by atoms with Gasteiger partial charge in [0.2, 0.25) is 5.91 Å². The molecule has 1 heterocycles. The number of hydrogen-bond donors (Lipinski definition) is 2. The molecule has 0 aliphatic carbocycles. The van der Waals surface area contributed by atoms with E-state index < -0.39 is 0 Å². The number of nitrogens with one attached hydrogen (secondary N) is 2. The lowest BCUT2D eigenvalue weighted by Gasteiger charge is -2.12. The number of carbonyl (C=O) groups excluding carboxylic acids is 1. The Kier molecular flexibility index (Phi) is 6.11. The Hall–Kier alpha value is -1.24. The minimum absolute atomic E-state index is 0.0222. The van der Waals surface area contributed by atoms with Crippen LogP contribution in [0.3, 0.4) is 0 Å². The summed E-state index contributed by atoms with van der Waals surface area (Å²) in [6.07, 6.45) is 0.484. The monoisotopic (exact) mass is 381 g/mol. The van der Waals surface area contributed by atoms with Crippen LogP contribution in [0, 0.1) is 6.92 Å². The molecule has 1 atom stereocenters. The summed E-state index contributed by atoms with van der Waals surface area (Å²) < 4.78 is 1.05. The molecule has 0 spiro atoms. The molecule has 4 nitrogen and oxygen atoms in total. The number of rotatable bonds is 6. The van der Waals surface area contributed by atoms with Crippen LogP contribution >= 0.6 is 27.3 Å². The maximum absolute atomic E-state index is 11.8. The number of nitrogens with zero attached hydrogens (tertiary/aromatic N) is 1. The minimum Gasteiger partial charge on any atom is -0.349 e. The van der Waals surface area contributed by atoms with E-state index in [4.69, 9.17) is 0 Å². The van der Waals surface area contributed by atoms with Crippen molar-refractivity contribution in [1.82, 2.24) is 15.6 Å². The molecular formula is C16H20BrN3OS. The van der Waals surface area contributed by atoms with Gasteiger partial charge in [0, 0.05) is 23.0 Å². The van der Waals surface area contributed by atoms with Crippen LogP contribution in [0.15, 0.2) is 28.7 Å². The molecule has 2 rings (SSSR count). The molecule has 0 radical (unpaired) electrons. The molecule has 0 fully saturated rings. The average Bonchev–Trinajstić information content (AvgIpc) is 2.88. The van der Waals surface area contributed by atoms with Crippen LogP contribution in [0.4, 0.5) is 0 Å². The van der Waals surface area contributed by atoms with Gasteiger partial charge in [0.1, 0.15) is 5.01 Å². The second-order valence-electron chi connectivity index (χ2n) is 5.12. The highest BCUT2D eigenvalue weighted by Gasteiger charge is 2.17. The van der Waals surface area contributed by atoms with Crippen LogP contribution in [0.25, 0.3) is 10.6 Å². The van der Waals surface area contributed by atoms with Gasteiger partial charge in [0.15, 0.2) is 0 Å². The van der Waals surface area contributed by atoms with Crippen molar-refractivity contribution in [2.24, 2.45) is 0 Å². The van der Waals surface area contributed by atoms with Crippen molar-refractivity contribution in [2.45, 2.75) is 26.3 Å². The van der Waals surface area contributed by atoms with Gasteiger partial charge in [0.05, 0.1) is 16.6 Å². The van der Waals surface area contributed by atoms with Gasteiger partial charge >= 0.3 is 0 Å². The van der Waals surface area contributed by atoms with Crippen LogP contribution in [-0.4, -0.2) is 24.5 Å². The number of hydrogen-bond acceptors (Lipinski definition) is 4. The van der Waals surface area contributed by atoms with E-state index in [9.17, 15) is 4.79 Å². The number of benzene rings is 1. The molecule has 0 saturated heterocycles. The Bertz CT molecular complexity index is 639. The zero-order valence-corrected chi connectivity index (χ0v) is 15.3. The van der Waals surface area contributed by atoms with Crippen LogP contribution in [0.2, 0.25) is 0 Å². The molecule has 6 heteroatoms. The van der Waals surface area contributed by atoms with Crippen molar-refractivity contribution in [3.8, 4) is 10.6 Å². The fourth-order valence-corrected chi connectivity index (χ4v) is 3.48. The van der Waals surface area contributed by atoms with E-state index in [1.165, 1.54) is 0 Å². The lowest BCUT2D eigenvalue weighted by Crippen LogP contribution is -2.28. The summed E-state index contributed by atoms with van der Waals surface area (Å²) in [5, 5.41) is 6.99. The fraction of sp³-hybridized carbons (Fsp3) is 0.375. The zero-order chi connectivity index (χ0) is 16.1. The highest BCUT2D eigenvalue weighted by molar-refractivity contribution is 9.10. The lowest BCUT2D eigenvalue weighted by atomic mass is 10.2. The van der Waals surface area contributed by atoms with E-state index in [0.29, 0.717) is 13.0 Å². The third-order valence-corrected chi connectivity index (χ3v) is 5.21. The standard InChI is InChI=1S/C16H20BrN3OS/c1-10(19-14(21)8-9-18-3)15-11(2)20-16(22-15)12-4-6-13(17)7-5-12/h4-7,10,18H,8-9H2,1-3H3,(H,19,21). The topological polar surface area (TPSA) is 54.0 Å². The average molecular weight is 382 g/mol. The van der Waals surface area contributed by atoms with E-state index in [-0.39, 0.29) is 11.9 Å². The van der Waals surface area contributed by atoms with Gasteiger partial charge in [-0.25, -0.2) is 4.98 Å².